The van der Waals surface area contributed by atoms with E-state index in [4.69, 9.17) is 21.2 Å². The summed E-state index contributed by atoms with van der Waals surface area (Å²) in [5, 5.41) is 8.07. The van der Waals surface area contributed by atoms with E-state index in [0.717, 1.165) is 50.7 Å². The molecule has 1 saturated carbocycles. The molecule has 0 radical (unpaired) electrons. The van der Waals surface area contributed by atoms with Crippen LogP contribution in [0.25, 0.3) is 0 Å². The number of hydrogen-bond donors (Lipinski definition) is 2. The quantitative estimate of drug-likeness (QED) is 0.241. The molecule has 1 aromatic heterocycles. The molecule has 4 aliphatic rings. The number of nitrogens with one attached hydrogen (secondary N) is 2. The molecule has 1 amide bonds. The number of hydrogen-bond acceptors (Lipinski definition) is 10. The second-order valence-corrected chi connectivity index (χ2v) is 13.7. The zero-order valence-electron chi connectivity index (χ0n) is 28.1. The second-order valence-electron chi connectivity index (χ2n) is 13.3. The first kappa shape index (κ1) is 33.5. The Bertz CT molecular complexity index is 1680. The van der Waals surface area contributed by atoms with E-state index in [1.54, 1.807) is 30.4 Å². The van der Waals surface area contributed by atoms with Crippen LogP contribution in [0, 0.1) is 5.82 Å². The topological polar surface area (TPSA) is 98.3 Å². The van der Waals surface area contributed by atoms with Gasteiger partial charge in [-0.25, -0.2) is 19.4 Å². The van der Waals surface area contributed by atoms with Crippen molar-refractivity contribution in [2.75, 3.05) is 67.0 Å². The van der Waals surface area contributed by atoms with Gasteiger partial charge >= 0.3 is 0 Å². The molecule has 7 rings (SSSR count). The lowest BCUT2D eigenvalue weighted by atomic mass is 9.99. The summed E-state index contributed by atoms with van der Waals surface area (Å²) in [6.45, 7) is 11.7. The van der Waals surface area contributed by atoms with Gasteiger partial charge in [-0.15, -0.1) is 0 Å². The lowest BCUT2D eigenvalue weighted by Crippen LogP contribution is -2.57. The van der Waals surface area contributed by atoms with Gasteiger partial charge in [0.25, 0.3) is 0 Å². The standard InChI is InChI=1S/C36H44ClFN8O3/c1-4-35(47)42-28-18-29(41-33-20-34(40-22-39-33)46-30(12-17-49-46)26-6-5-7-27(38)36(26)37)32(48-3)19-31(28)43-13-10-25(11-14-43)45-16-15-44(21-23(45)2)24-8-9-24/h4-7,18-20,22-25,30H,1,8-17,21H2,2-3H3,(H,42,47)(H,39,40,41). The number of aromatic nitrogens is 2. The maximum atomic E-state index is 14.3. The average molecular weight is 691 g/mol. The number of hydroxylamine groups is 1. The molecular weight excluding hydrogens is 647 g/mol. The third-order valence-electron chi connectivity index (χ3n) is 10.2. The molecular formula is C36H44ClFN8O3. The van der Waals surface area contributed by atoms with Crippen molar-refractivity contribution in [3.63, 3.8) is 0 Å². The second kappa shape index (κ2) is 14.5. The minimum atomic E-state index is -0.480. The van der Waals surface area contributed by atoms with Crippen LogP contribution in [-0.2, 0) is 9.63 Å². The molecule has 0 spiro atoms. The fourth-order valence-electron chi connectivity index (χ4n) is 7.56. The van der Waals surface area contributed by atoms with Crippen LogP contribution in [0.1, 0.15) is 50.6 Å². The van der Waals surface area contributed by atoms with Crippen molar-refractivity contribution in [3.05, 3.63) is 71.8 Å². The summed E-state index contributed by atoms with van der Waals surface area (Å²) in [6, 6.07) is 11.9. The number of amides is 1. The summed E-state index contributed by atoms with van der Waals surface area (Å²) in [5.74, 6) is 0.787. The van der Waals surface area contributed by atoms with E-state index in [9.17, 15) is 9.18 Å². The molecule has 3 aromatic rings. The Labute approximate surface area is 292 Å². The van der Waals surface area contributed by atoms with E-state index in [-0.39, 0.29) is 17.0 Å². The summed E-state index contributed by atoms with van der Waals surface area (Å²) in [6.07, 6.45) is 8.13. The van der Waals surface area contributed by atoms with E-state index in [1.165, 1.54) is 37.9 Å². The highest BCUT2D eigenvalue weighted by Crippen LogP contribution is 2.42. The molecule has 13 heteroatoms. The largest absolute Gasteiger partial charge is 0.494 e. The van der Waals surface area contributed by atoms with Gasteiger partial charge in [0.05, 0.1) is 41.8 Å². The number of methoxy groups -OCH3 is 1. The fourth-order valence-corrected chi connectivity index (χ4v) is 7.81. The molecule has 4 fully saturated rings. The number of carbonyl (C=O) groups excluding carboxylic acids is 1. The highest BCUT2D eigenvalue weighted by molar-refractivity contribution is 6.31. The first-order valence-electron chi connectivity index (χ1n) is 17.2. The van der Waals surface area contributed by atoms with Crippen LogP contribution in [-0.4, -0.2) is 90.2 Å². The smallest absolute Gasteiger partial charge is 0.247 e. The normalized spacial score (nSPS) is 22.3. The number of nitrogens with zero attached hydrogens (tertiary/aromatic N) is 6. The van der Waals surface area contributed by atoms with Crippen LogP contribution in [0.15, 0.2) is 55.4 Å². The zero-order chi connectivity index (χ0) is 34.1. The van der Waals surface area contributed by atoms with Gasteiger partial charge in [-0.3, -0.25) is 19.4 Å². The molecule has 3 aliphatic heterocycles. The van der Waals surface area contributed by atoms with Crippen molar-refractivity contribution in [1.82, 2.24) is 19.8 Å². The molecule has 2 atom stereocenters. The Morgan fingerprint density at radius 1 is 1.06 bits per heavy atom. The van der Waals surface area contributed by atoms with Crippen LogP contribution in [0.5, 0.6) is 5.75 Å². The van der Waals surface area contributed by atoms with Gasteiger partial charge < -0.3 is 20.3 Å². The van der Waals surface area contributed by atoms with E-state index in [1.807, 2.05) is 12.1 Å². The van der Waals surface area contributed by atoms with Gasteiger partial charge in [-0.1, -0.05) is 30.3 Å². The Balaban J connectivity index is 1.09. The zero-order valence-corrected chi connectivity index (χ0v) is 28.8. The Morgan fingerprint density at radius 2 is 1.88 bits per heavy atom. The molecule has 11 nitrogen and oxygen atoms in total. The van der Waals surface area contributed by atoms with Crippen molar-refractivity contribution in [1.29, 1.82) is 0 Å². The van der Waals surface area contributed by atoms with E-state index < -0.39 is 5.82 Å². The number of piperidine rings is 1. The maximum Gasteiger partial charge on any atom is 0.247 e. The molecule has 260 valence electrons. The third kappa shape index (κ3) is 7.19. The number of ether oxygens (including phenoxy) is 1. The maximum absolute atomic E-state index is 14.3. The number of carbonyl (C=O) groups is 1. The monoisotopic (exact) mass is 690 g/mol. The van der Waals surface area contributed by atoms with E-state index in [0.29, 0.717) is 59.4 Å². The highest BCUT2D eigenvalue weighted by atomic mass is 35.5. The molecule has 4 heterocycles. The van der Waals surface area contributed by atoms with Crippen LogP contribution < -0.4 is 25.3 Å². The molecule has 2 N–H and O–H groups in total. The Morgan fingerprint density at radius 3 is 2.61 bits per heavy atom. The number of benzene rings is 2. The lowest BCUT2D eigenvalue weighted by molar-refractivity contribution is -0.111. The van der Waals surface area contributed by atoms with Gasteiger partial charge in [0.1, 0.15) is 23.7 Å². The summed E-state index contributed by atoms with van der Waals surface area (Å²) < 4.78 is 20.2. The molecule has 3 saturated heterocycles. The summed E-state index contributed by atoms with van der Waals surface area (Å²) >= 11 is 6.33. The van der Waals surface area contributed by atoms with Gasteiger partial charge in [0.15, 0.2) is 5.82 Å². The van der Waals surface area contributed by atoms with E-state index >= 15 is 0 Å². The molecule has 2 aromatic carbocycles. The summed E-state index contributed by atoms with van der Waals surface area (Å²) in [4.78, 5) is 35.1. The number of anilines is 5. The van der Waals surface area contributed by atoms with Crippen molar-refractivity contribution >= 4 is 46.2 Å². The minimum Gasteiger partial charge on any atom is -0.494 e. The first-order valence-corrected chi connectivity index (χ1v) is 17.6. The SMILES string of the molecule is C=CC(=O)Nc1cc(Nc2cc(N3OCCC3c3cccc(F)c3Cl)ncn2)c(OC)cc1N1CCC(N2CCN(C3CC3)CC2C)CC1. The fraction of sp³-hybridized carbons (Fsp3) is 0.472. The Kier molecular flexibility index (Phi) is 9.91. The number of halogens is 2. The highest BCUT2D eigenvalue weighted by Gasteiger charge is 2.37. The lowest BCUT2D eigenvalue weighted by Gasteiger charge is -2.47. The molecule has 49 heavy (non-hydrogen) atoms. The van der Waals surface area contributed by atoms with Crippen LogP contribution in [0.4, 0.5) is 33.1 Å². The predicted octanol–water partition coefficient (Wildman–Crippen LogP) is 6.17. The van der Waals surface area contributed by atoms with Crippen molar-refractivity contribution in [2.45, 2.75) is 63.2 Å². The summed E-state index contributed by atoms with van der Waals surface area (Å²) in [7, 11) is 1.62. The average Bonchev–Trinajstić information content (AvgIpc) is 3.86. The third-order valence-corrected chi connectivity index (χ3v) is 10.6. The molecule has 2 unspecified atom stereocenters. The van der Waals surface area contributed by atoms with Crippen molar-refractivity contribution < 1.29 is 18.8 Å². The molecule has 1 aliphatic carbocycles. The van der Waals surface area contributed by atoms with Gasteiger partial charge in [0.2, 0.25) is 5.91 Å². The Hall–Kier alpha value is -3.97. The number of rotatable bonds is 10. The number of piperazine rings is 1. The van der Waals surface area contributed by atoms with Crippen LogP contribution in [0.3, 0.4) is 0 Å². The predicted molar refractivity (Wildman–Crippen MR) is 190 cm³/mol. The summed E-state index contributed by atoms with van der Waals surface area (Å²) in [5.41, 5.74) is 2.78. The van der Waals surface area contributed by atoms with Crippen molar-refractivity contribution in [2.24, 2.45) is 0 Å². The van der Waals surface area contributed by atoms with E-state index in [2.05, 4.69) is 48.8 Å². The van der Waals surface area contributed by atoms with Gasteiger partial charge in [-0.2, -0.15) is 0 Å². The van der Waals surface area contributed by atoms with Crippen LogP contribution in [0.2, 0.25) is 5.02 Å². The van der Waals surface area contributed by atoms with Gasteiger partial charge in [-0.05, 0) is 56.4 Å². The first-order chi connectivity index (χ1) is 23.8. The molecule has 0 bridgehead atoms. The van der Waals surface area contributed by atoms with Crippen LogP contribution >= 0.6 is 11.6 Å². The van der Waals surface area contributed by atoms with Gasteiger partial charge in [0, 0.05) is 69.4 Å². The van der Waals surface area contributed by atoms with Crippen molar-refractivity contribution in [3.8, 4) is 5.75 Å². The minimum absolute atomic E-state index is 0.0693.